The second-order valence-electron chi connectivity index (χ2n) is 5.49. The van der Waals surface area contributed by atoms with Crippen molar-refractivity contribution in [3.8, 4) is 0 Å². The lowest BCUT2D eigenvalue weighted by atomic mass is 10.1. The summed E-state index contributed by atoms with van der Waals surface area (Å²) in [5, 5.41) is 10.5. The first kappa shape index (κ1) is 13.1. The molecular formula is C13H19N5O2. The van der Waals surface area contributed by atoms with E-state index in [1.165, 1.54) is 0 Å². The van der Waals surface area contributed by atoms with E-state index in [0.29, 0.717) is 25.6 Å². The van der Waals surface area contributed by atoms with Gasteiger partial charge >= 0.3 is 0 Å². The first-order valence-corrected chi connectivity index (χ1v) is 7.15. The van der Waals surface area contributed by atoms with E-state index in [0.717, 1.165) is 25.8 Å². The quantitative estimate of drug-likeness (QED) is 0.730. The van der Waals surface area contributed by atoms with Crippen molar-refractivity contribution in [2.45, 2.75) is 38.3 Å². The van der Waals surface area contributed by atoms with Crippen LogP contribution in [0.3, 0.4) is 0 Å². The zero-order valence-corrected chi connectivity index (χ0v) is 11.4. The topological polar surface area (TPSA) is 80.1 Å². The predicted molar refractivity (Wildman–Crippen MR) is 70.5 cm³/mol. The highest BCUT2D eigenvalue weighted by Crippen LogP contribution is 2.32. The van der Waals surface area contributed by atoms with Gasteiger partial charge in [0.25, 0.3) is 0 Å². The second kappa shape index (κ2) is 5.60. The zero-order chi connectivity index (χ0) is 13.9. The number of carbonyl (C=O) groups is 2. The fraction of sp³-hybridized carbons (Fsp3) is 0.692. The Bertz CT molecular complexity index is 483. The van der Waals surface area contributed by atoms with Gasteiger partial charge in [0.05, 0.1) is 12.1 Å². The molecule has 1 aromatic rings. The summed E-state index contributed by atoms with van der Waals surface area (Å²) in [5.41, 5.74) is 0. The Balaban J connectivity index is 1.37. The van der Waals surface area contributed by atoms with Gasteiger partial charge in [-0.1, -0.05) is 5.21 Å². The summed E-state index contributed by atoms with van der Waals surface area (Å²) < 4.78 is 1.74. The maximum Gasteiger partial charge on any atom is 0.225 e. The smallest absolute Gasteiger partial charge is 0.225 e. The number of nitrogens with one attached hydrogen (secondary N) is 1. The van der Waals surface area contributed by atoms with Crippen LogP contribution in [0.15, 0.2) is 12.4 Å². The molecule has 1 saturated heterocycles. The van der Waals surface area contributed by atoms with Crippen molar-refractivity contribution in [2.24, 2.45) is 5.92 Å². The zero-order valence-electron chi connectivity index (χ0n) is 11.4. The predicted octanol–water partition coefficient (Wildman–Crippen LogP) is -0.205. The molecular weight excluding hydrogens is 258 g/mol. The van der Waals surface area contributed by atoms with E-state index >= 15 is 0 Å². The first-order chi connectivity index (χ1) is 9.74. The average Bonchev–Trinajstić information content (AvgIpc) is 2.99. The van der Waals surface area contributed by atoms with E-state index in [2.05, 4.69) is 15.6 Å². The Hall–Kier alpha value is -1.92. The molecule has 1 unspecified atom stereocenters. The summed E-state index contributed by atoms with van der Waals surface area (Å²) in [7, 11) is 0. The van der Waals surface area contributed by atoms with Crippen LogP contribution >= 0.6 is 0 Å². The maximum atomic E-state index is 12.0. The van der Waals surface area contributed by atoms with Gasteiger partial charge in [-0.15, -0.1) is 5.10 Å². The number of likely N-dealkylation sites (tertiary alicyclic amines) is 1. The molecule has 2 amide bonds. The Morgan fingerprint density at radius 2 is 2.30 bits per heavy atom. The highest BCUT2D eigenvalue weighted by atomic mass is 16.2. The number of nitrogens with zero attached hydrogens (tertiary/aromatic N) is 4. The van der Waals surface area contributed by atoms with Crippen LogP contribution in [0.5, 0.6) is 0 Å². The highest BCUT2D eigenvalue weighted by molar-refractivity contribution is 5.89. The second-order valence-corrected chi connectivity index (χ2v) is 5.49. The van der Waals surface area contributed by atoms with Crippen molar-refractivity contribution < 1.29 is 9.59 Å². The Labute approximate surface area is 117 Å². The van der Waals surface area contributed by atoms with E-state index in [1.54, 1.807) is 17.1 Å². The molecule has 0 radical (unpaired) electrons. The molecule has 1 aliphatic carbocycles. The summed E-state index contributed by atoms with van der Waals surface area (Å²) in [5.74, 6) is -0.0372. The monoisotopic (exact) mass is 277 g/mol. The van der Waals surface area contributed by atoms with E-state index in [1.807, 2.05) is 4.90 Å². The molecule has 7 nitrogen and oxygen atoms in total. The van der Waals surface area contributed by atoms with E-state index < -0.39 is 0 Å². The molecule has 3 rings (SSSR count). The van der Waals surface area contributed by atoms with Gasteiger partial charge in [-0.05, 0) is 19.3 Å². The molecule has 1 aliphatic heterocycles. The van der Waals surface area contributed by atoms with Crippen LogP contribution in [0.25, 0.3) is 0 Å². The van der Waals surface area contributed by atoms with Crippen molar-refractivity contribution in [3.05, 3.63) is 12.4 Å². The number of aryl methyl sites for hydroxylation is 1. The number of hydrogen-bond donors (Lipinski definition) is 1. The summed E-state index contributed by atoms with van der Waals surface area (Å²) in [4.78, 5) is 25.7. The number of rotatable bonds is 6. The summed E-state index contributed by atoms with van der Waals surface area (Å²) in [6.07, 6.45) is 6.80. The largest absolute Gasteiger partial charge is 0.356 e. The third-order valence-electron chi connectivity index (χ3n) is 3.85. The molecule has 2 fully saturated rings. The van der Waals surface area contributed by atoms with Gasteiger partial charge in [0.15, 0.2) is 0 Å². The van der Waals surface area contributed by atoms with Gasteiger partial charge in [0.1, 0.15) is 0 Å². The molecule has 2 heterocycles. The van der Waals surface area contributed by atoms with Crippen molar-refractivity contribution in [2.75, 3.05) is 13.1 Å². The molecule has 1 saturated carbocycles. The molecule has 0 aromatic carbocycles. The lowest BCUT2D eigenvalue weighted by molar-refractivity contribution is -0.129. The lowest BCUT2D eigenvalue weighted by Gasteiger charge is -2.15. The number of aromatic nitrogens is 3. The number of carbonyl (C=O) groups excluding carboxylic acids is 2. The van der Waals surface area contributed by atoms with Crippen LogP contribution in [-0.2, 0) is 16.1 Å². The normalized spacial score (nSPS) is 22.3. The van der Waals surface area contributed by atoms with Gasteiger partial charge in [0, 0.05) is 38.3 Å². The highest BCUT2D eigenvalue weighted by Gasteiger charge is 2.41. The standard InChI is InChI=1S/C13H19N5O2/c19-12-8-10(9-18(12)11-2-3-11)13(20)14-4-1-6-17-7-5-15-16-17/h5,7,10-11H,1-4,6,8-9H2,(H,14,20). The van der Waals surface area contributed by atoms with Crippen LogP contribution in [0.1, 0.15) is 25.7 Å². The summed E-state index contributed by atoms with van der Waals surface area (Å²) in [6, 6.07) is 0.410. The van der Waals surface area contributed by atoms with Crippen LogP contribution in [0.4, 0.5) is 0 Å². The van der Waals surface area contributed by atoms with Crippen molar-refractivity contribution in [1.29, 1.82) is 0 Å². The van der Waals surface area contributed by atoms with Gasteiger partial charge < -0.3 is 10.2 Å². The third kappa shape index (κ3) is 2.97. The number of amides is 2. The van der Waals surface area contributed by atoms with Crippen LogP contribution < -0.4 is 5.32 Å². The molecule has 0 bridgehead atoms. The minimum atomic E-state index is -0.172. The minimum absolute atomic E-state index is 0.0000836. The molecule has 7 heteroatoms. The van der Waals surface area contributed by atoms with Crippen LogP contribution in [0.2, 0.25) is 0 Å². The van der Waals surface area contributed by atoms with Crippen LogP contribution in [0, 0.1) is 5.92 Å². The SMILES string of the molecule is O=C(NCCCn1ccnn1)C1CC(=O)N(C2CC2)C1. The van der Waals surface area contributed by atoms with Crippen molar-refractivity contribution in [1.82, 2.24) is 25.2 Å². The molecule has 1 N–H and O–H groups in total. The van der Waals surface area contributed by atoms with Crippen LogP contribution in [-0.4, -0.2) is 50.8 Å². The van der Waals surface area contributed by atoms with Crippen molar-refractivity contribution in [3.63, 3.8) is 0 Å². The van der Waals surface area contributed by atoms with E-state index in [4.69, 9.17) is 0 Å². The molecule has 108 valence electrons. The lowest BCUT2D eigenvalue weighted by Crippen LogP contribution is -2.34. The summed E-state index contributed by atoms with van der Waals surface area (Å²) >= 11 is 0. The maximum absolute atomic E-state index is 12.0. The van der Waals surface area contributed by atoms with Gasteiger partial charge in [0.2, 0.25) is 11.8 Å². The Morgan fingerprint density at radius 3 is 3.00 bits per heavy atom. The molecule has 1 atom stereocenters. The molecule has 0 spiro atoms. The molecule has 2 aliphatic rings. The average molecular weight is 277 g/mol. The Morgan fingerprint density at radius 1 is 1.45 bits per heavy atom. The van der Waals surface area contributed by atoms with Gasteiger partial charge in [-0.3, -0.25) is 14.3 Å². The van der Waals surface area contributed by atoms with Crippen molar-refractivity contribution >= 4 is 11.8 Å². The Kier molecular flexibility index (Phi) is 3.66. The fourth-order valence-corrected chi connectivity index (χ4v) is 2.60. The number of hydrogen-bond acceptors (Lipinski definition) is 4. The van der Waals surface area contributed by atoms with Gasteiger partial charge in [-0.2, -0.15) is 0 Å². The summed E-state index contributed by atoms with van der Waals surface area (Å²) in [6.45, 7) is 1.93. The molecule has 20 heavy (non-hydrogen) atoms. The third-order valence-corrected chi connectivity index (χ3v) is 3.85. The van der Waals surface area contributed by atoms with Gasteiger partial charge in [-0.25, -0.2) is 0 Å². The van der Waals surface area contributed by atoms with E-state index in [9.17, 15) is 9.59 Å². The molecule has 1 aromatic heterocycles. The first-order valence-electron chi connectivity index (χ1n) is 7.15. The fourth-order valence-electron chi connectivity index (χ4n) is 2.60. The van der Waals surface area contributed by atoms with E-state index in [-0.39, 0.29) is 17.7 Å². The minimum Gasteiger partial charge on any atom is -0.356 e.